The Morgan fingerprint density at radius 3 is 2.12 bits per heavy atom. The molecule has 0 bridgehead atoms. The Balaban J connectivity index is 0.000000490. The summed E-state index contributed by atoms with van der Waals surface area (Å²) in [5, 5.41) is 2.20. The van der Waals surface area contributed by atoms with Crippen molar-refractivity contribution in [3.63, 3.8) is 0 Å². The lowest BCUT2D eigenvalue weighted by Gasteiger charge is -1.78. The number of hydrogen-bond acceptors (Lipinski definition) is 2. The zero-order valence-corrected chi connectivity index (χ0v) is 4.70. The zero-order valence-electron chi connectivity index (χ0n) is 3.88. The quantitative estimate of drug-likeness (QED) is 0.458. The predicted molar refractivity (Wildman–Crippen MR) is 29.5 cm³/mol. The molecule has 0 aliphatic carbocycles. The van der Waals surface area contributed by atoms with Gasteiger partial charge in [-0.1, -0.05) is 0 Å². The summed E-state index contributed by atoms with van der Waals surface area (Å²) in [6, 6.07) is 0. The molecule has 1 heterocycles. The van der Waals surface area contributed by atoms with Gasteiger partial charge in [0, 0.05) is 12.3 Å². The maximum atomic E-state index is 10.1. The van der Waals surface area contributed by atoms with E-state index < -0.39 is 11.7 Å². The Hall–Kier alpha value is -0.830. The Kier molecular flexibility index (Phi) is 2.21. The average molecular weight is 134 g/mol. The van der Waals surface area contributed by atoms with E-state index in [4.69, 9.17) is 0 Å². The maximum absolute atomic E-state index is 10.1. The van der Waals surface area contributed by atoms with Crippen molar-refractivity contribution in [2.45, 2.75) is 0 Å². The van der Waals surface area contributed by atoms with E-state index in [-0.39, 0.29) is 12.4 Å². The minimum Gasteiger partial charge on any atom is -0.326 e. The smallest absolute Gasteiger partial charge is 0.295 e. The van der Waals surface area contributed by atoms with E-state index in [0.29, 0.717) is 0 Å². The van der Waals surface area contributed by atoms with Crippen molar-refractivity contribution in [1.29, 1.82) is 0 Å². The number of hydrogen-bond donors (Lipinski definition) is 1. The molecular formula is C4H4ClNO2. The van der Waals surface area contributed by atoms with Gasteiger partial charge in [0.25, 0.3) is 5.91 Å². The molecule has 0 aromatic heterocycles. The summed E-state index contributed by atoms with van der Waals surface area (Å²) in [5.41, 5.74) is 0. The topological polar surface area (TPSA) is 46.2 Å². The monoisotopic (exact) mass is 133 g/mol. The number of halogens is 1. The molecule has 44 valence electrons. The number of ketones is 1. The van der Waals surface area contributed by atoms with Crippen LogP contribution in [0.15, 0.2) is 12.3 Å². The Morgan fingerprint density at radius 2 is 2.00 bits per heavy atom. The summed E-state index contributed by atoms with van der Waals surface area (Å²) in [7, 11) is 0. The van der Waals surface area contributed by atoms with Crippen LogP contribution in [-0.2, 0) is 9.59 Å². The SMILES string of the molecule is Cl.O=C1C=CNC1=O. The van der Waals surface area contributed by atoms with Crippen molar-refractivity contribution in [2.24, 2.45) is 0 Å². The average Bonchev–Trinajstić information content (AvgIpc) is 1.91. The van der Waals surface area contributed by atoms with Gasteiger partial charge >= 0.3 is 0 Å². The largest absolute Gasteiger partial charge is 0.326 e. The lowest BCUT2D eigenvalue weighted by atomic mass is 10.4. The van der Waals surface area contributed by atoms with Crippen LogP contribution in [-0.4, -0.2) is 11.7 Å². The highest BCUT2D eigenvalue weighted by Crippen LogP contribution is 1.83. The number of amides is 1. The van der Waals surface area contributed by atoms with Gasteiger partial charge in [-0.05, 0) is 0 Å². The number of nitrogens with one attached hydrogen (secondary N) is 1. The van der Waals surface area contributed by atoms with E-state index in [1.807, 2.05) is 0 Å². The van der Waals surface area contributed by atoms with Gasteiger partial charge in [0.15, 0.2) is 0 Å². The van der Waals surface area contributed by atoms with Crippen LogP contribution in [0.1, 0.15) is 0 Å². The van der Waals surface area contributed by atoms with E-state index in [0.717, 1.165) is 0 Å². The molecule has 0 atom stereocenters. The summed E-state index contributed by atoms with van der Waals surface area (Å²) < 4.78 is 0. The van der Waals surface area contributed by atoms with Gasteiger partial charge in [-0.3, -0.25) is 9.59 Å². The highest BCUT2D eigenvalue weighted by atomic mass is 35.5. The van der Waals surface area contributed by atoms with Crippen LogP contribution in [0.4, 0.5) is 0 Å². The molecule has 0 aromatic rings. The highest BCUT2D eigenvalue weighted by molar-refractivity contribution is 6.42. The molecule has 8 heavy (non-hydrogen) atoms. The van der Waals surface area contributed by atoms with Crippen molar-refractivity contribution in [3.8, 4) is 0 Å². The standard InChI is InChI=1S/C4H3NO2.ClH/c6-3-1-2-5-4(3)7;/h1-2H,(H,5,6,7);1H. The van der Waals surface area contributed by atoms with Crippen LogP contribution in [0.2, 0.25) is 0 Å². The number of rotatable bonds is 0. The van der Waals surface area contributed by atoms with Crippen LogP contribution in [0.25, 0.3) is 0 Å². The summed E-state index contributed by atoms with van der Waals surface area (Å²) >= 11 is 0. The molecule has 0 aromatic carbocycles. The van der Waals surface area contributed by atoms with Gasteiger partial charge in [0.1, 0.15) is 0 Å². The second kappa shape index (κ2) is 2.47. The van der Waals surface area contributed by atoms with Crippen molar-refractivity contribution in [1.82, 2.24) is 5.32 Å². The van der Waals surface area contributed by atoms with Crippen LogP contribution in [0.5, 0.6) is 0 Å². The molecule has 0 spiro atoms. The van der Waals surface area contributed by atoms with Crippen LogP contribution < -0.4 is 5.32 Å². The third-order valence-electron chi connectivity index (χ3n) is 0.673. The first-order valence-electron chi connectivity index (χ1n) is 1.82. The third kappa shape index (κ3) is 1.07. The molecular weight excluding hydrogens is 130 g/mol. The maximum Gasteiger partial charge on any atom is 0.295 e. The third-order valence-corrected chi connectivity index (χ3v) is 0.673. The van der Waals surface area contributed by atoms with E-state index in [9.17, 15) is 9.59 Å². The summed E-state index contributed by atoms with van der Waals surface area (Å²) in [4.78, 5) is 20.1. The summed E-state index contributed by atoms with van der Waals surface area (Å²) in [6.45, 7) is 0. The van der Waals surface area contributed by atoms with E-state index in [1.54, 1.807) is 0 Å². The predicted octanol–water partition coefficient (Wildman–Crippen LogP) is -0.379. The molecule has 1 amide bonds. The first-order valence-corrected chi connectivity index (χ1v) is 1.82. The molecule has 0 fully saturated rings. The van der Waals surface area contributed by atoms with Crippen molar-refractivity contribution < 1.29 is 9.59 Å². The van der Waals surface area contributed by atoms with Crippen molar-refractivity contribution >= 4 is 24.1 Å². The van der Waals surface area contributed by atoms with Crippen molar-refractivity contribution in [2.75, 3.05) is 0 Å². The minimum atomic E-state index is -0.542. The van der Waals surface area contributed by atoms with Gasteiger partial charge in [-0.2, -0.15) is 0 Å². The molecule has 0 saturated carbocycles. The molecule has 0 unspecified atom stereocenters. The first-order chi connectivity index (χ1) is 3.30. The molecule has 4 heteroatoms. The van der Waals surface area contributed by atoms with Crippen LogP contribution >= 0.6 is 12.4 Å². The van der Waals surface area contributed by atoms with Gasteiger partial charge in [-0.25, -0.2) is 0 Å². The molecule has 1 N–H and O–H groups in total. The van der Waals surface area contributed by atoms with Gasteiger partial charge in [0.05, 0.1) is 0 Å². The second-order valence-corrected chi connectivity index (χ2v) is 1.17. The van der Waals surface area contributed by atoms with E-state index >= 15 is 0 Å². The second-order valence-electron chi connectivity index (χ2n) is 1.17. The highest BCUT2D eigenvalue weighted by Gasteiger charge is 2.12. The fourth-order valence-corrected chi connectivity index (χ4v) is 0.340. The van der Waals surface area contributed by atoms with Gasteiger partial charge in [-0.15, -0.1) is 12.4 Å². The molecule has 0 radical (unpaired) electrons. The van der Waals surface area contributed by atoms with Crippen LogP contribution in [0, 0.1) is 0 Å². The Morgan fingerprint density at radius 1 is 1.38 bits per heavy atom. The lowest BCUT2D eigenvalue weighted by Crippen LogP contribution is -2.17. The van der Waals surface area contributed by atoms with Gasteiger partial charge in [0.2, 0.25) is 5.78 Å². The molecule has 1 aliphatic rings. The molecule has 1 aliphatic heterocycles. The summed E-state index contributed by atoms with van der Waals surface area (Å²) in [6.07, 6.45) is 2.52. The zero-order chi connectivity index (χ0) is 5.28. The van der Waals surface area contributed by atoms with Gasteiger partial charge < -0.3 is 5.32 Å². The minimum absolute atomic E-state index is 0. The molecule has 3 nitrogen and oxygen atoms in total. The number of carbonyl (C=O) groups excluding carboxylic acids is 2. The fraction of sp³-hybridized carbons (Fsp3) is 0. The fourth-order valence-electron chi connectivity index (χ4n) is 0.340. The molecule has 1 rings (SSSR count). The summed E-state index contributed by atoms with van der Waals surface area (Å²) in [5.74, 6) is -1.01. The Bertz CT molecular complexity index is 152. The van der Waals surface area contributed by atoms with Crippen molar-refractivity contribution in [3.05, 3.63) is 12.3 Å². The number of carbonyl (C=O) groups is 2. The Labute approximate surface area is 52.2 Å². The van der Waals surface area contributed by atoms with E-state index in [1.165, 1.54) is 12.3 Å². The normalized spacial score (nSPS) is 15.5. The first kappa shape index (κ1) is 7.17. The molecule has 0 saturated heterocycles. The van der Waals surface area contributed by atoms with E-state index in [2.05, 4.69) is 5.32 Å². The van der Waals surface area contributed by atoms with Crippen LogP contribution in [0.3, 0.4) is 0 Å². The lowest BCUT2D eigenvalue weighted by molar-refractivity contribution is -0.133.